The molecule has 128 valence electrons. The van der Waals surface area contributed by atoms with E-state index in [1.54, 1.807) is 0 Å². The summed E-state index contributed by atoms with van der Waals surface area (Å²) >= 11 is 1.88. The van der Waals surface area contributed by atoms with Gasteiger partial charge in [0.25, 0.3) is 0 Å². The summed E-state index contributed by atoms with van der Waals surface area (Å²) in [6, 6.07) is -0.265. The summed E-state index contributed by atoms with van der Waals surface area (Å²) in [6.07, 6.45) is 6.60. The third-order valence-corrected chi connectivity index (χ3v) is 6.09. The molecule has 1 aliphatic heterocycles. The first-order chi connectivity index (χ1) is 10.4. The van der Waals surface area contributed by atoms with Crippen LogP contribution in [0.1, 0.15) is 39.5 Å². The SMILES string of the molecule is CSCCN1CCN(C(C(=O)O)C2CCC(C)(C)CC2)CC1. The van der Waals surface area contributed by atoms with Crippen molar-refractivity contribution < 1.29 is 9.90 Å². The first-order valence-electron chi connectivity index (χ1n) is 8.61. The van der Waals surface area contributed by atoms with Gasteiger partial charge < -0.3 is 5.11 Å². The Morgan fingerprint density at radius 2 is 1.82 bits per heavy atom. The predicted molar refractivity (Wildman–Crippen MR) is 93.6 cm³/mol. The van der Waals surface area contributed by atoms with Crippen molar-refractivity contribution in [3.05, 3.63) is 0 Å². The Morgan fingerprint density at radius 1 is 1.23 bits per heavy atom. The normalized spacial score (nSPS) is 26.0. The Hall–Kier alpha value is -0.260. The zero-order valence-electron chi connectivity index (χ0n) is 14.4. The van der Waals surface area contributed by atoms with Crippen LogP contribution in [0.15, 0.2) is 0 Å². The number of carboxylic acids is 1. The minimum absolute atomic E-state index is 0.265. The van der Waals surface area contributed by atoms with Crippen LogP contribution in [0.5, 0.6) is 0 Å². The summed E-state index contributed by atoms with van der Waals surface area (Å²) < 4.78 is 0. The van der Waals surface area contributed by atoms with Crippen molar-refractivity contribution in [3.63, 3.8) is 0 Å². The number of piperazine rings is 1. The topological polar surface area (TPSA) is 43.8 Å². The van der Waals surface area contributed by atoms with Crippen LogP contribution in [-0.4, -0.2) is 71.6 Å². The van der Waals surface area contributed by atoms with Crippen molar-refractivity contribution >= 4 is 17.7 Å². The molecule has 1 atom stereocenters. The molecule has 0 radical (unpaired) electrons. The van der Waals surface area contributed by atoms with Crippen LogP contribution in [0.2, 0.25) is 0 Å². The van der Waals surface area contributed by atoms with Gasteiger partial charge in [0.1, 0.15) is 6.04 Å². The fourth-order valence-corrected chi connectivity index (χ4v) is 4.32. The average molecular weight is 329 g/mol. The molecule has 1 saturated heterocycles. The second-order valence-electron chi connectivity index (χ2n) is 7.66. The highest BCUT2D eigenvalue weighted by Gasteiger charge is 2.38. The van der Waals surface area contributed by atoms with Crippen LogP contribution in [-0.2, 0) is 4.79 Å². The molecule has 2 fully saturated rings. The molecule has 1 aliphatic carbocycles. The number of carbonyl (C=O) groups is 1. The molecule has 1 heterocycles. The second-order valence-corrected chi connectivity index (χ2v) is 8.64. The number of nitrogens with zero attached hydrogens (tertiary/aromatic N) is 2. The van der Waals surface area contributed by atoms with E-state index < -0.39 is 5.97 Å². The Labute approximate surface area is 139 Å². The van der Waals surface area contributed by atoms with Gasteiger partial charge in [-0.15, -0.1) is 0 Å². The molecule has 0 spiro atoms. The monoisotopic (exact) mass is 328 g/mol. The highest BCUT2D eigenvalue weighted by atomic mass is 32.2. The average Bonchev–Trinajstić information content (AvgIpc) is 2.48. The van der Waals surface area contributed by atoms with Gasteiger partial charge in [0.2, 0.25) is 0 Å². The van der Waals surface area contributed by atoms with Crippen LogP contribution >= 0.6 is 11.8 Å². The van der Waals surface area contributed by atoms with Gasteiger partial charge in [-0.25, -0.2) is 0 Å². The molecule has 1 saturated carbocycles. The second kappa shape index (κ2) is 8.02. The maximum Gasteiger partial charge on any atom is 0.321 e. The highest BCUT2D eigenvalue weighted by molar-refractivity contribution is 7.98. The summed E-state index contributed by atoms with van der Waals surface area (Å²) in [4.78, 5) is 16.6. The van der Waals surface area contributed by atoms with E-state index in [4.69, 9.17) is 0 Å². The molecule has 4 nitrogen and oxygen atoms in total. The maximum absolute atomic E-state index is 11.9. The molecule has 0 bridgehead atoms. The molecule has 5 heteroatoms. The van der Waals surface area contributed by atoms with Gasteiger partial charge in [-0.1, -0.05) is 13.8 Å². The Morgan fingerprint density at radius 3 is 2.32 bits per heavy atom. The summed E-state index contributed by atoms with van der Waals surface area (Å²) in [6.45, 7) is 9.60. The smallest absolute Gasteiger partial charge is 0.321 e. The lowest BCUT2D eigenvalue weighted by atomic mass is 9.71. The van der Waals surface area contributed by atoms with Crippen LogP contribution < -0.4 is 0 Å². The van der Waals surface area contributed by atoms with Gasteiger partial charge >= 0.3 is 5.97 Å². The summed E-state index contributed by atoms with van der Waals surface area (Å²) in [7, 11) is 0. The van der Waals surface area contributed by atoms with Crippen LogP contribution in [0.4, 0.5) is 0 Å². The fourth-order valence-electron chi connectivity index (χ4n) is 3.88. The van der Waals surface area contributed by atoms with Crippen LogP contribution in [0.25, 0.3) is 0 Å². The molecule has 22 heavy (non-hydrogen) atoms. The van der Waals surface area contributed by atoms with E-state index in [-0.39, 0.29) is 6.04 Å². The highest BCUT2D eigenvalue weighted by Crippen LogP contribution is 2.40. The predicted octanol–water partition coefficient (Wildman–Crippen LogP) is 2.64. The van der Waals surface area contributed by atoms with Crippen molar-refractivity contribution in [2.45, 2.75) is 45.6 Å². The zero-order valence-corrected chi connectivity index (χ0v) is 15.2. The van der Waals surface area contributed by atoms with Crippen molar-refractivity contribution in [2.75, 3.05) is 44.7 Å². The standard InChI is InChI=1S/C17H32N2O2S/c1-17(2)6-4-14(5-7-17)15(16(20)21)19-10-8-18(9-11-19)12-13-22-3/h14-15H,4-13H2,1-3H3,(H,20,21). The summed E-state index contributed by atoms with van der Waals surface area (Å²) in [5, 5.41) is 9.76. The lowest BCUT2D eigenvalue weighted by molar-refractivity contribution is -0.147. The van der Waals surface area contributed by atoms with Crippen LogP contribution in [0.3, 0.4) is 0 Å². The largest absolute Gasteiger partial charge is 0.480 e. The maximum atomic E-state index is 11.9. The Bertz CT molecular complexity index is 358. The van der Waals surface area contributed by atoms with E-state index in [9.17, 15) is 9.90 Å². The van der Waals surface area contributed by atoms with Gasteiger partial charge in [0.15, 0.2) is 0 Å². The van der Waals surface area contributed by atoms with Crippen LogP contribution in [0, 0.1) is 11.3 Å². The molecule has 0 aromatic carbocycles. The molecular weight excluding hydrogens is 296 g/mol. The Balaban J connectivity index is 1.89. The van der Waals surface area contributed by atoms with Gasteiger partial charge in [-0.05, 0) is 43.3 Å². The number of thioether (sulfide) groups is 1. The quantitative estimate of drug-likeness (QED) is 0.812. The third-order valence-electron chi connectivity index (χ3n) is 5.50. The number of rotatable bonds is 6. The Kier molecular flexibility index (Phi) is 6.59. The molecule has 0 amide bonds. The number of carboxylic acid groups (broad SMARTS) is 1. The number of hydrogen-bond acceptors (Lipinski definition) is 4. The molecular formula is C17H32N2O2S. The molecule has 0 aromatic rings. The lowest BCUT2D eigenvalue weighted by Crippen LogP contribution is -2.55. The van der Waals surface area contributed by atoms with E-state index >= 15 is 0 Å². The van der Waals surface area contributed by atoms with Gasteiger partial charge in [-0.3, -0.25) is 14.6 Å². The van der Waals surface area contributed by atoms with E-state index in [2.05, 4.69) is 29.9 Å². The number of hydrogen-bond donors (Lipinski definition) is 1. The van der Waals surface area contributed by atoms with Crippen molar-refractivity contribution in [1.82, 2.24) is 9.80 Å². The molecule has 1 N–H and O–H groups in total. The lowest BCUT2D eigenvalue weighted by Gasteiger charge is -2.43. The fraction of sp³-hybridized carbons (Fsp3) is 0.941. The van der Waals surface area contributed by atoms with Gasteiger partial charge in [-0.2, -0.15) is 11.8 Å². The summed E-state index contributed by atoms with van der Waals surface area (Å²) in [5.74, 6) is 0.894. The molecule has 1 unspecified atom stereocenters. The number of aliphatic carboxylic acids is 1. The zero-order chi connectivity index (χ0) is 16.2. The minimum Gasteiger partial charge on any atom is -0.480 e. The van der Waals surface area contributed by atoms with Crippen molar-refractivity contribution in [2.24, 2.45) is 11.3 Å². The van der Waals surface area contributed by atoms with E-state index in [0.717, 1.165) is 58.4 Å². The van der Waals surface area contributed by atoms with Gasteiger partial charge in [0.05, 0.1) is 0 Å². The van der Waals surface area contributed by atoms with Gasteiger partial charge in [0, 0.05) is 38.5 Å². The molecule has 0 aromatic heterocycles. The minimum atomic E-state index is -0.609. The summed E-state index contributed by atoms with van der Waals surface area (Å²) in [5.41, 5.74) is 0.399. The molecule has 2 aliphatic rings. The molecule has 2 rings (SSSR count). The first-order valence-corrected chi connectivity index (χ1v) is 10.0. The first kappa shape index (κ1) is 18.1. The van der Waals surface area contributed by atoms with E-state index in [1.165, 1.54) is 5.75 Å². The van der Waals surface area contributed by atoms with E-state index in [1.807, 2.05) is 11.8 Å². The van der Waals surface area contributed by atoms with E-state index in [0.29, 0.717) is 11.3 Å². The van der Waals surface area contributed by atoms with Crippen molar-refractivity contribution in [1.29, 1.82) is 0 Å². The van der Waals surface area contributed by atoms with Crippen molar-refractivity contribution in [3.8, 4) is 0 Å². The third kappa shape index (κ3) is 4.87.